The van der Waals surface area contributed by atoms with Crippen molar-refractivity contribution in [3.8, 4) is 0 Å². The topological polar surface area (TPSA) is 9.23 Å². The molecule has 0 aliphatic carbocycles. The number of benzene rings is 2. The number of halogens is 3. The van der Waals surface area contributed by atoms with Gasteiger partial charge in [0.1, 0.15) is 0 Å². The van der Waals surface area contributed by atoms with Crippen molar-refractivity contribution in [2.45, 2.75) is 5.06 Å². The molecule has 0 spiro atoms. The van der Waals surface area contributed by atoms with E-state index in [1.807, 2.05) is 0 Å². The number of hydrogen-bond donors (Lipinski definition) is 0. The van der Waals surface area contributed by atoms with Crippen LogP contribution >= 0.6 is 11.6 Å². The van der Waals surface area contributed by atoms with Gasteiger partial charge in [-0.1, -0.05) is 60.1 Å². The first kappa shape index (κ1) is 14.7. The summed E-state index contributed by atoms with van der Waals surface area (Å²) in [6, 6.07) is 12.5. The van der Waals surface area contributed by atoms with Crippen molar-refractivity contribution < 1.29 is 13.5 Å². The van der Waals surface area contributed by atoms with Gasteiger partial charge in [0.05, 0.1) is 6.61 Å². The van der Waals surface area contributed by atoms with Gasteiger partial charge in [0.2, 0.25) is 0 Å². The Labute approximate surface area is 121 Å². The molecule has 0 aliphatic heterocycles. The quantitative estimate of drug-likeness (QED) is 0.578. The Hall–Kier alpha value is -1.71. The molecular formula is C16H13ClF2O. The molecule has 0 aromatic heterocycles. The van der Waals surface area contributed by atoms with E-state index < -0.39 is 16.7 Å². The zero-order valence-electron chi connectivity index (χ0n) is 10.7. The second-order valence-electron chi connectivity index (χ2n) is 4.16. The van der Waals surface area contributed by atoms with Crippen LogP contribution in [0.15, 0.2) is 61.2 Å². The minimum absolute atomic E-state index is 0.0628. The molecule has 1 unspecified atom stereocenters. The third-order valence-electron chi connectivity index (χ3n) is 2.84. The van der Waals surface area contributed by atoms with Crippen LogP contribution in [0.4, 0.5) is 8.78 Å². The second kappa shape index (κ2) is 6.16. The SMILES string of the molecule is C=CCOC(Cl)(c1ccccc1)c1cccc(F)c1F. The van der Waals surface area contributed by atoms with Gasteiger partial charge in [0, 0.05) is 11.1 Å². The molecule has 2 aromatic rings. The molecule has 0 amide bonds. The maximum absolute atomic E-state index is 14.0. The molecule has 2 rings (SSSR count). The third kappa shape index (κ3) is 2.74. The molecule has 0 fully saturated rings. The van der Waals surface area contributed by atoms with Crippen LogP contribution in [0.25, 0.3) is 0 Å². The van der Waals surface area contributed by atoms with Crippen LogP contribution in [0.1, 0.15) is 11.1 Å². The molecule has 20 heavy (non-hydrogen) atoms. The maximum atomic E-state index is 14.0. The summed E-state index contributed by atoms with van der Waals surface area (Å²) < 4.78 is 33.0. The smallest absolute Gasteiger partial charge is 0.196 e. The lowest BCUT2D eigenvalue weighted by Gasteiger charge is -2.28. The summed E-state index contributed by atoms with van der Waals surface area (Å²) in [6.45, 7) is 3.65. The molecule has 0 saturated heterocycles. The van der Waals surface area contributed by atoms with Gasteiger partial charge in [-0.2, -0.15) is 0 Å². The first-order valence-electron chi connectivity index (χ1n) is 6.03. The Kier molecular flexibility index (Phi) is 4.53. The van der Waals surface area contributed by atoms with E-state index in [2.05, 4.69) is 6.58 Å². The van der Waals surface area contributed by atoms with Crippen molar-refractivity contribution in [1.82, 2.24) is 0 Å². The van der Waals surface area contributed by atoms with Gasteiger partial charge >= 0.3 is 0 Å². The summed E-state index contributed by atoms with van der Waals surface area (Å²) in [5.74, 6) is -1.99. The van der Waals surface area contributed by atoms with Gasteiger partial charge < -0.3 is 4.74 Å². The maximum Gasteiger partial charge on any atom is 0.196 e. The summed E-state index contributed by atoms with van der Waals surface area (Å²) in [5.41, 5.74) is 0.459. The predicted octanol–water partition coefficient (Wildman–Crippen LogP) is 4.61. The minimum atomic E-state index is -1.60. The molecule has 1 atom stereocenters. The van der Waals surface area contributed by atoms with Crippen LogP contribution < -0.4 is 0 Å². The monoisotopic (exact) mass is 294 g/mol. The standard InChI is InChI=1S/C16H13ClF2O/c1-2-11-20-16(17,12-7-4-3-5-8-12)13-9-6-10-14(18)15(13)19/h2-10H,1,11H2. The fourth-order valence-corrected chi connectivity index (χ4v) is 2.23. The minimum Gasteiger partial charge on any atom is -0.347 e. The zero-order valence-corrected chi connectivity index (χ0v) is 11.4. The summed E-state index contributed by atoms with van der Waals surface area (Å²) in [5, 5.41) is -1.60. The van der Waals surface area contributed by atoms with Gasteiger partial charge in [-0.15, -0.1) is 6.58 Å². The van der Waals surface area contributed by atoms with Crippen molar-refractivity contribution in [3.63, 3.8) is 0 Å². The number of alkyl halides is 1. The molecule has 0 heterocycles. The highest BCUT2D eigenvalue weighted by Gasteiger charge is 2.36. The van der Waals surface area contributed by atoms with Crippen molar-refractivity contribution in [3.05, 3.63) is 83.9 Å². The highest BCUT2D eigenvalue weighted by Crippen LogP contribution is 2.39. The highest BCUT2D eigenvalue weighted by atomic mass is 35.5. The molecule has 2 aromatic carbocycles. The Morgan fingerprint density at radius 2 is 1.80 bits per heavy atom. The van der Waals surface area contributed by atoms with E-state index in [4.69, 9.17) is 16.3 Å². The van der Waals surface area contributed by atoms with Gasteiger partial charge in [0.25, 0.3) is 0 Å². The van der Waals surface area contributed by atoms with Crippen LogP contribution in [0.5, 0.6) is 0 Å². The summed E-state index contributed by atoms with van der Waals surface area (Å²) in [7, 11) is 0. The molecule has 0 saturated carbocycles. The first-order chi connectivity index (χ1) is 9.59. The van der Waals surface area contributed by atoms with E-state index in [0.29, 0.717) is 5.56 Å². The predicted molar refractivity (Wildman–Crippen MR) is 75.6 cm³/mol. The van der Waals surface area contributed by atoms with Gasteiger partial charge in [-0.3, -0.25) is 0 Å². The van der Waals surface area contributed by atoms with E-state index in [1.165, 1.54) is 18.2 Å². The number of rotatable bonds is 5. The van der Waals surface area contributed by atoms with E-state index in [9.17, 15) is 8.78 Å². The Morgan fingerprint density at radius 3 is 2.45 bits per heavy atom. The van der Waals surface area contributed by atoms with Crippen molar-refractivity contribution in [2.24, 2.45) is 0 Å². The number of hydrogen-bond acceptors (Lipinski definition) is 1. The van der Waals surface area contributed by atoms with Crippen LogP contribution in [-0.4, -0.2) is 6.61 Å². The van der Waals surface area contributed by atoms with E-state index in [1.54, 1.807) is 30.3 Å². The highest BCUT2D eigenvalue weighted by molar-refractivity contribution is 6.25. The van der Waals surface area contributed by atoms with E-state index >= 15 is 0 Å². The number of ether oxygens (including phenoxy) is 1. The molecule has 0 radical (unpaired) electrons. The fraction of sp³-hybridized carbons (Fsp3) is 0.125. The summed E-state index contributed by atoms with van der Waals surface area (Å²) >= 11 is 6.47. The lowest BCUT2D eigenvalue weighted by Crippen LogP contribution is -2.26. The third-order valence-corrected chi connectivity index (χ3v) is 3.37. The fourth-order valence-electron chi connectivity index (χ4n) is 1.90. The van der Waals surface area contributed by atoms with E-state index in [0.717, 1.165) is 6.07 Å². The zero-order chi connectivity index (χ0) is 14.6. The first-order valence-corrected chi connectivity index (χ1v) is 6.41. The Balaban J connectivity index is 2.57. The molecule has 0 N–H and O–H groups in total. The average molecular weight is 295 g/mol. The Morgan fingerprint density at radius 1 is 1.10 bits per heavy atom. The van der Waals surface area contributed by atoms with E-state index in [-0.39, 0.29) is 12.2 Å². The molecule has 4 heteroatoms. The second-order valence-corrected chi connectivity index (χ2v) is 4.69. The summed E-state index contributed by atoms with van der Waals surface area (Å²) in [4.78, 5) is 0. The lowest BCUT2D eigenvalue weighted by molar-refractivity contribution is 0.0643. The average Bonchev–Trinajstić information content (AvgIpc) is 2.48. The lowest BCUT2D eigenvalue weighted by atomic mass is 10.00. The van der Waals surface area contributed by atoms with Crippen molar-refractivity contribution in [2.75, 3.05) is 6.61 Å². The molecular weight excluding hydrogens is 282 g/mol. The van der Waals surface area contributed by atoms with Crippen molar-refractivity contribution >= 4 is 11.6 Å². The molecule has 1 nitrogen and oxygen atoms in total. The normalized spacial score (nSPS) is 13.8. The summed E-state index contributed by atoms with van der Waals surface area (Å²) in [6.07, 6.45) is 1.50. The Bertz CT molecular complexity index is 601. The van der Waals surface area contributed by atoms with Crippen molar-refractivity contribution in [1.29, 1.82) is 0 Å². The molecule has 104 valence electrons. The van der Waals surface area contributed by atoms with Gasteiger partial charge in [0.15, 0.2) is 16.7 Å². The van der Waals surface area contributed by atoms with Gasteiger partial charge in [-0.25, -0.2) is 8.78 Å². The van der Waals surface area contributed by atoms with Crippen LogP contribution in [0.2, 0.25) is 0 Å². The van der Waals surface area contributed by atoms with Gasteiger partial charge in [-0.05, 0) is 6.07 Å². The largest absolute Gasteiger partial charge is 0.347 e. The van der Waals surface area contributed by atoms with Crippen LogP contribution in [-0.2, 0) is 9.80 Å². The van der Waals surface area contributed by atoms with Crippen LogP contribution in [0.3, 0.4) is 0 Å². The molecule has 0 aliphatic rings. The van der Waals surface area contributed by atoms with Crippen LogP contribution in [0, 0.1) is 11.6 Å². The molecule has 0 bridgehead atoms.